The van der Waals surface area contributed by atoms with E-state index in [1.165, 1.54) is 6.07 Å². The fourth-order valence-electron chi connectivity index (χ4n) is 2.88. The van der Waals surface area contributed by atoms with Crippen LogP contribution in [0.4, 0.5) is 26.3 Å². The molecule has 3 aromatic rings. The van der Waals surface area contributed by atoms with Gasteiger partial charge in [-0.25, -0.2) is 17.6 Å². The van der Waals surface area contributed by atoms with Crippen LogP contribution in [0.25, 0.3) is 11.1 Å². The molecule has 0 fully saturated rings. The number of hydrogen-bond donors (Lipinski definition) is 0. The van der Waals surface area contributed by atoms with Crippen LogP contribution in [0.5, 0.6) is 0 Å². The van der Waals surface area contributed by atoms with Gasteiger partial charge < -0.3 is 0 Å². The quantitative estimate of drug-likeness (QED) is 0.221. The van der Waals surface area contributed by atoms with Gasteiger partial charge >= 0.3 is 5.25 Å². The minimum Gasteiger partial charge on any atom is -0.206 e. The van der Waals surface area contributed by atoms with E-state index in [-0.39, 0.29) is 11.8 Å². The molecule has 0 atom stereocenters. The average Bonchev–Trinajstić information content (AvgIpc) is 2.66. The smallest absolute Gasteiger partial charge is 0.206 e. The van der Waals surface area contributed by atoms with Crippen LogP contribution in [-0.4, -0.2) is 0 Å². The summed E-state index contributed by atoms with van der Waals surface area (Å²) in [5, 5.41) is -3.82. The van der Waals surface area contributed by atoms with Gasteiger partial charge in [-0.1, -0.05) is 43.7 Å². The van der Waals surface area contributed by atoms with Gasteiger partial charge in [0.1, 0.15) is 5.82 Å². The molecule has 0 aliphatic rings. The molecule has 0 spiro atoms. The van der Waals surface area contributed by atoms with Crippen LogP contribution in [0, 0.1) is 23.3 Å². The minimum atomic E-state index is -3.82. The van der Waals surface area contributed by atoms with Crippen molar-refractivity contribution in [2.45, 2.75) is 29.9 Å². The van der Waals surface area contributed by atoms with Gasteiger partial charge in [0.25, 0.3) is 0 Å². The third-order valence-corrected chi connectivity index (χ3v) is 5.26. The Kier molecular flexibility index (Phi) is 6.27. The molecule has 7 heteroatoms. The van der Waals surface area contributed by atoms with Crippen molar-refractivity contribution in [3.63, 3.8) is 0 Å². The van der Waals surface area contributed by atoms with Gasteiger partial charge in [-0.05, 0) is 59.1 Å². The number of rotatable bonds is 6. The summed E-state index contributed by atoms with van der Waals surface area (Å²) < 4.78 is 83.0. The lowest BCUT2D eigenvalue weighted by Crippen LogP contribution is -2.11. The van der Waals surface area contributed by atoms with E-state index in [0.717, 1.165) is 30.5 Å². The molecule has 0 nitrogen and oxygen atoms in total. The number of alkyl halides is 2. The molecule has 3 rings (SSSR count). The Morgan fingerprint density at radius 1 is 0.759 bits per heavy atom. The largest absolute Gasteiger partial charge is 0.326 e. The molecule has 0 radical (unpaired) electrons. The lowest BCUT2D eigenvalue weighted by atomic mass is 10.0. The molecule has 0 aliphatic heterocycles. The number of hydrogen-bond acceptors (Lipinski definition) is 1. The van der Waals surface area contributed by atoms with Gasteiger partial charge in [0.15, 0.2) is 17.5 Å². The second-order valence-corrected chi connectivity index (χ2v) is 7.65. The fourth-order valence-corrected chi connectivity index (χ4v) is 3.77. The second-order valence-electron chi connectivity index (χ2n) is 6.46. The Hall–Kier alpha value is -2.41. The second kappa shape index (κ2) is 8.53. The Labute approximate surface area is 168 Å². The van der Waals surface area contributed by atoms with Crippen molar-refractivity contribution in [3.05, 3.63) is 89.0 Å². The maximum absolute atomic E-state index is 14.5. The molecule has 3 aromatic carbocycles. The molecule has 0 saturated heterocycles. The van der Waals surface area contributed by atoms with E-state index in [0.29, 0.717) is 23.3 Å². The van der Waals surface area contributed by atoms with E-state index in [9.17, 15) is 26.3 Å². The Morgan fingerprint density at radius 3 is 1.90 bits per heavy atom. The maximum Gasteiger partial charge on any atom is 0.326 e. The predicted molar refractivity (Wildman–Crippen MR) is 102 cm³/mol. The zero-order valence-corrected chi connectivity index (χ0v) is 16.1. The molecule has 0 amide bonds. The Bertz CT molecular complexity index is 991. The molecule has 0 heterocycles. The van der Waals surface area contributed by atoms with Crippen molar-refractivity contribution >= 4 is 11.8 Å². The van der Waals surface area contributed by atoms with E-state index in [2.05, 4.69) is 6.92 Å². The van der Waals surface area contributed by atoms with E-state index < -0.39 is 39.0 Å². The Morgan fingerprint density at radius 2 is 1.34 bits per heavy atom. The fraction of sp³-hybridized carbons (Fsp3) is 0.182. The lowest BCUT2D eigenvalue weighted by molar-refractivity contribution is 0.101. The molecular weight excluding hydrogens is 410 g/mol. The van der Waals surface area contributed by atoms with Crippen LogP contribution in [0.2, 0.25) is 0 Å². The summed E-state index contributed by atoms with van der Waals surface area (Å²) >= 11 is -0.261. The SMILES string of the molecule is CCCc1ccc(-c2ccc(C(F)(F)Sc3cc(F)c(F)c(F)c3)c(F)c2)cc1. The van der Waals surface area contributed by atoms with Gasteiger partial charge in [-0.2, -0.15) is 8.78 Å². The van der Waals surface area contributed by atoms with Crippen molar-refractivity contribution in [2.24, 2.45) is 0 Å². The summed E-state index contributed by atoms with van der Waals surface area (Å²) in [6, 6.07) is 11.5. The highest BCUT2D eigenvalue weighted by Crippen LogP contribution is 2.46. The van der Waals surface area contributed by atoms with E-state index in [1.54, 1.807) is 12.1 Å². The normalized spacial score (nSPS) is 11.7. The van der Waals surface area contributed by atoms with Crippen molar-refractivity contribution in [3.8, 4) is 11.1 Å². The highest BCUT2D eigenvalue weighted by atomic mass is 32.2. The summed E-state index contributed by atoms with van der Waals surface area (Å²) in [5.41, 5.74) is 1.29. The van der Waals surface area contributed by atoms with Crippen molar-refractivity contribution < 1.29 is 26.3 Å². The number of thioether (sulfide) groups is 1. The average molecular weight is 426 g/mol. The van der Waals surface area contributed by atoms with Crippen LogP contribution >= 0.6 is 11.8 Å². The van der Waals surface area contributed by atoms with E-state index in [1.807, 2.05) is 12.1 Å². The molecule has 0 bridgehead atoms. The Balaban J connectivity index is 1.86. The standard InChI is InChI=1S/C22H16F6S/c1-2-3-13-4-6-14(7-5-13)15-8-9-17(18(23)10-15)22(27,28)29-16-11-19(24)21(26)20(25)12-16/h4-12H,2-3H2,1H3. The highest BCUT2D eigenvalue weighted by Gasteiger charge is 2.36. The summed E-state index contributed by atoms with van der Waals surface area (Å²) in [4.78, 5) is -0.554. The van der Waals surface area contributed by atoms with Crippen LogP contribution in [0.3, 0.4) is 0 Å². The molecule has 0 aromatic heterocycles. The summed E-state index contributed by atoms with van der Waals surface area (Å²) in [5.74, 6) is -6.09. The van der Waals surface area contributed by atoms with Crippen molar-refractivity contribution in [1.29, 1.82) is 0 Å². The highest BCUT2D eigenvalue weighted by molar-refractivity contribution is 8.00. The van der Waals surface area contributed by atoms with Crippen LogP contribution in [-0.2, 0) is 11.7 Å². The third-order valence-electron chi connectivity index (χ3n) is 4.31. The third kappa shape index (κ3) is 4.78. The van der Waals surface area contributed by atoms with Crippen molar-refractivity contribution in [1.82, 2.24) is 0 Å². The zero-order valence-electron chi connectivity index (χ0n) is 15.3. The first-order chi connectivity index (χ1) is 13.7. The van der Waals surface area contributed by atoms with Gasteiger partial charge in [0.05, 0.1) is 5.56 Å². The number of benzene rings is 3. The molecule has 0 N–H and O–H groups in total. The number of halogens is 6. The van der Waals surface area contributed by atoms with Crippen LogP contribution in [0.15, 0.2) is 59.5 Å². The van der Waals surface area contributed by atoms with Crippen molar-refractivity contribution in [2.75, 3.05) is 0 Å². The lowest BCUT2D eigenvalue weighted by Gasteiger charge is -2.18. The van der Waals surface area contributed by atoms with Gasteiger partial charge in [-0.15, -0.1) is 0 Å². The molecule has 152 valence electrons. The topological polar surface area (TPSA) is 0 Å². The molecule has 0 unspecified atom stereocenters. The number of aryl methyl sites for hydroxylation is 1. The molecule has 0 aliphatic carbocycles. The maximum atomic E-state index is 14.5. The van der Waals surface area contributed by atoms with E-state index >= 15 is 0 Å². The van der Waals surface area contributed by atoms with Crippen LogP contribution < -0.4 is 0 Å². The summed E-state index contributed by atoms with van der Waals surface area (Å²) in [6.45, 7) is 2.05. The molecule has 29 heavy (non-hydrogen) atoms. The first-order valence-electron chi connectivity index (χ1n) is 8.82. The van der Waals surface area contributed by atoms with Crippen LogP contribution in [0.1, 0.15) is 24.5 Å². The first-order valence-corrected chi connectivity index (χ1v) is 9.63. The molecule has 0 saturated carbocycles. The minimum absolute atomic E-state index is 0.261. The van der Waals surface area contributed by atoms with Gasteiger partial charge in [0, 0.05) is 4.90 Å². The predicted octanol–water partition coefficient (Wildman–Crippen LogP) is 7.70. The summed E-state index contributed by atoms with van der Waals surface area (Å²) in [6.07, 6.45) is 1.89. The molecular formula is C22H16F6S. The van der Waals surface area contributed by atoms with Gasteiger partial charge in [-0.3, -0.25) is 0 Å². The first kappa shape index (κ1) is 21.3. The summed E-state index contributed by atoms with van der Waals surface area (Å²) in [7, 11) is 0. The van der Waals surface area contributed by atoms with E-state index in [4.69, 9.17) is 0 Å². The zero-order chi connectivity index (χ0) is 21.2. The van der Waals surface area contributed by atoms with Gasteiger partial charge in [0.2, 0.25) is 0 Å². The monoisotopic (exact) mass is 426 g/mol.